The Kier molecular flexibility index (Phi) is 4.79. The minimum atomic E-state index is 0.108. The molecule has 0 unspecified atom stereocenters. The van der Waals surface area contributed by atoms with Crippen LogP contribution in [0.4, 0.5) is 0 Å². The Morgan fingerprint density at radius 3 is 2.92 bits per heavy atom. The van der Waals surface area contributed by atoms with E-state index in [2.05, 4.69) is 43.7 Å². The molecule has 0 saturated carbocycles. The summed E-state index contributed by atoms with van der Waals surface area (Å²) in [6.45, 7) is 7.15. The first kappa shape index (κ1) is 16.9. The lowest BCUT2D eigenvalue weighted by molar-refractivity contribution is 0.147. The second-order valence-corrected chi connectivity index (χ2v) is 6.81. The van der Waals surface area contributed by atoms with Crippen molar-refractivity contribution in [1.82, 2.24) is 29.8 Å². The maximum atomic E-state index is 5.48. The normalized spacial score (nSPS) is 19.5. The highest BCUT2D eigenvalue weighted by atomic mass is 16.5. The number of hydrogen-bond donors (Lipinski definition) is 0. The molecule has 2 atom stereocenters. The summed E-state index contributed by atoms with van der Waals surface area (Å²) in [7, 11) is 0. The monoisotopic (exact) mass is 352 g/mol. The molecule has 1 saturated heterocycles. The van der Waals surface area contributed by atoms with E-state index in [1.165, 1.54) is 0 Å². The molecule has 1 aliphatic rings. The summed E-state index contributed by atoms with van der Waals surface area (Å²) in [5.41, 5.74) is 0.950. The van der Waals surface area contributed by atoms with Crippen LogP contribution in [0.5, 0.6) is 0 Å². The van der Waals surface area contributed by atoms with E-state index in [4.69, 9.17) is 4.52 Å². The molecular weight excluding hydrogens is 328 g/mol. The predicted molar refractivity (Wildman–Crippen MR) is 97.4 cm³/mol. The van der Waals surface area contributed by atoms with E-state index in [1.54, 1.807) is 0 Å². The molecule has 7 nitrogen and oxygen atoms in total. The molecule has 0 amide bonds. The van der Waals surface area contributed by atoms with Crippen molar-refractivity contribution in [3.05, 3.63) is 48.3 Å². The van der Waals surface area contributed by atoms with Crippen molar-refractivity contribution in [2.24, 2.45) is 0 Å². The summed E-state index contributed by atoms with van der Waals surface area (Å²) in [6.07, 6.45) is 4.10. The fourth-order valence-electron chi connectivity index (χ4n) is 3.66. The first-order valence-corrected chi connectivity index (χ1v) is 9.27. The van der Waals surface area contributed by atoms with Crippen LogP contribution in [-0.2, 0) is 6.54 Å². The molecule has 1 aliphatic heterocycles. The van der Waals surface area contributed by atoms with Crippen LogP contribution in [0.2, 0.25) is 0 Å². The SMILES string of the molecule is CCn1cnnc1[C@@H]1CCCN([C@@H](C)c2noc(-c3ccccc3)n2)C1. The number of rotatable bonds is 5. The standard InChI is InChI=1S/C19H24N6O/c1-3-24-13-20-22-18(24)16-10-7-11-25(12-16)14(2)17-21-19(26-23-17)15-8-5-4-6-9-15/h4-6,8-9,13-14,16H,3,7,10-12H2,1-2H3/t14-,16+/m0/s1. The molecule has 2 aromatic heterocycles. The Morgan fingerprint density at radius 2 is 2.12 bits per heavy atom. The van der Waals surface area contributed by atoms with Gasteiger partial charge in [0.25, 0.3) is 5.89 Å². The average Bonchev–Trinajstić information content (AvgIpc) is 3.37. The van der Waals surface area contributed by atoms with E-state index >= 15 is 0 Å². The van der Waals surface area contributed by atoms with Gasteiger partial charge in [-0.25, -0.2) is 0 Å². The molecule has 3 aromatic rings. The Hall–Kier alpha value is -2.54. The van der Waals surface area contributed by atoms with Gasteiger partial charge in [-0.05, 0) is 45.4 Å². The van der Waals surface area contributed by atoms with Crippen LogP contribution in [0.15, 0.2) is 41.2 Å². The lowest BCUT2D eigenvalue weighted by atomic mass is 9.96. The third-order valence-corrected chi connectivity index (χ3v) is 5.19. The molecule has 136 valence electrons. The Labute approximate surface area is 153 Å². The van der Waals surface area contributed by atoms with Gasteiger partial charge in [-0.1, -0.05) is 23.4 Å². The van der Waals surface area contributed by atoms with Gasteiger partial charge in [0, 0.05) is 24.6 Å². The van der Waals surface area contributed by atoms with Crippen LogP contribution in [0.3, 0.4) is 0 Å². The molecule has 0 N–H and O–H groups in total. The number of aromatic nitrogens is 5. The van der Waals surface area contributed by atoms with Crippen molar-refractivity contribution in [3.8, 4) is 11.5 Å². The maximum Gasteiger partial charge on any atom is 0.257 e. The zero-order valence-electron chi connectivity index (χ0n) is 15.2. The fourth-order valence-corrected chi connectivity index (χ4v) is 3.66. The molecule has 3 heterocycles. The number of hydrogen-bond acceptors (Lipinski definition) is 6. The van der Waals surface area contributed by atoms with Gasteiger partial charge in [-0.2, -0.15) is 4.98 Å². The predicted octanol–water partition coefficient (Wildman–Crippen LogP) is 3.29. The largest absolute Gasteiger partial charge is 0.334 e. The van der Waals surface area contributed by atoms with E-state index in [1.807, 2.05) is 36.7 Å². The van der Waals surface area contributed by atoms with Gasteiger partial charge in [0.2, 0.25) is 0 Å². The summed E-state index contributed by atoms with van der Waals surface area (Å²) >= 11 is 0. The zero-order valence-corrected chi connectivity index (χ0v) is 15.2. The van der Waals surface area contributed by atoms with Crippen LogP contribution in [0.25, 0.3) is 11.5 Å². The Balaban J connectivity index is 1.49. The van der Waals surface area contributed by atoms with E-state index < -0.39 is 0 Å². The molecule has 1 fully saturated rings. The van der Waals surface area contributed by atoms with Gasteiger partial charge in [0.15, 0.2) is 5.82 Å². The number of nitrogens with zero attached hydrogens (tertiary/aromatic N) is 6. The fraction of sp³-hybridized carbons (Fsp3) is 0.474. The zero-order chi connectivity index (χ0) is 17.9. The molecule has 0 radical (unpaired) electrons. The van der Waals surface area contributed by atoms with E-state index in [9.17, 15) is 0 Å². The Bertz CT molecular complexity index is 843. The summed E-state index contributed by atoms with van der Waals surface area (Å²) in [5, 5.41) is 12.7. The van der Waals surface area contributed by atoms with Crippen molar-refractivity contribution in [3.63, 3.8) is 0 Å². The highest BCUT2D eigenvalue weighted by Gasteiger charge is 2.30. The lowest BCUT2D eigenvalue weighted by Crippen LogP contribution is -2.37. The molecule has 26 heavy (non-hydrogen) atoms. The van der Waals surface area contributed by atoms with E-state index in [0.29, 0.717) is 11.8 Å². The van der Waals surface area contributed by atoms with Gasteiger partial charge in [-0.15, -0.1) is 10.2 Å². The smallest absolute Gasteiger partial charge is 0.257 e. The summed E-state index contributed by atoms with van der Waals surface area (Å²) in [4.78, 5) is 7.04. The van der Waals surface area contributed by atoms with Crippen molar-refractivity contribution >= 4 is 0 Å². The molecule has 4 rings (SSSR count). The van der Waals surface area contributed by atoms with Crippen molar-refractivity contribution < 1.29 is 4.52 Å². The summed E-state index contributed by atoms with van der Waals surface area (Å²) in [6, 6.07) is 10.00. The number of benzene rings is 1. The molecule has 1 aromatic carbocycles. The topological polar surface area (TPSA) is 72.9 Å². The maximum absolute atomic E-state index is 5.48. The van der Waals surface area contributed by atoms with Crippen molar-refractivity contribution in [2.45, 2.75) is 45.2 Å². The first-order chi connectivity index (χ1) is 12.8. The highest BCUT2D eigenvalue weighted by molar-refractivity contribution is 5.52. The van der Waals surface area contributed by atoms with E-state index in [0.717, 1.165) is 49.7 Å². The minimum Gasteiger partial charge on any atom is -0.334 e. The van der Waals surface area contributed by atoms with Crippen molar-refractivity contribution in [2.75, 3.05) is 13.1 Å². The third-order valence-electron chi connectivity index (χ3n) is 5.19. The average molecular weight is 352 g/mol. The lowest BCUT2D eigenvalue weighted by Gasteiger charge is -2.35. The number of aryl methyl sites for hydroxylation is 1. The van der Waals surface area contributed by atoms with Gasteiger partial charge in [0.1, 0.15) is 12.2 Å². The van der Waals surface area contributed by atoms with Crippen LogP contribution in [-0.4, -0.2) is 42.9 Å². The first-order valence-electron chi connectivity index (χ1n) is 9.27. The molecule has 0 bridgehead atoms. The van der Waals surface area contributed by atoms with Crippen molar-refractivity contribution in [1.29, 1.82) is 0 Å². The van der Waals surface area contributed by atoms with Crippen LogP contribution < -0.4 is 0 Å². The molecule has 7 heteroatoms. The van der Waals surface area contributed by atoms with Gasteiger partial charge in [-0.3, -0.25) is 4.90 Å². The summed E-state index contributed by atoms with van der Waals surface area (Å²) in [5.74, 6) is 2.80. The molecule has 0 spiro atoms. The quantitative estimate of drug-likeness (QED) is 0.701. The number of piperidine rings is 1. The second-order valence-electron chi connectivity index (χ2n) is 6.81. The van der Waals surface area contributed by atoms with Gasteiger partial charge in [0.05, 0.1) is 6.04 Å². The van der Waals surface area contributed by atoms with E-state index in [-0.39, 0.29) is 6.04 Å². The van der Waals surface area contributed by atoms with Crippen LogP contribution >= 0.6 is 0 Å². The van der Waals surface area contributed by atoms with Crippen LogP contribution in [0.1, 0.15) is 50.3 Å². The highest BCUT2D eigenvalue weighted by Crippen LogP contribution is 2.31. The Morgan fingerprint density at radius 1 is 1.27 bits per heavy atom. The number of likely N-dealkylation sites (tertiary alicyclic amines) is 1. The van der Waals surface area contributed by atoms with Gasteiger partial charge < -0.3 is 9.09 Å². The van der Waals surface area contributed by atoms with Crippen LogP contribution in [0, 0.1) is 0 Å². The minimum absolute atomic E-state index is 0.108. The third kappa shape index (κ3) is 3.26. The second kappa shape index (κ2) is 7.37. The van der Waals surface area contributed by atoms with Gasteiger partial charge >= 0.3 is 0 Å². The summed E-state index contributed by atoms with van der Waals surface area (Å²) < 4.78 is 7.62. The molecule has 0 aliphatic carbocycles. The molecular formula is C19H24N6O.